The van der Waals surface area contributed by atoms with Gasteiger partial charge in [-0.3, -0.25) is 4.79 Å². The molecule has 8 heteroatoms. The van der Waals surface area contributed by atoms with Crippen molar-refractivity contribution in [3.63, 3.8) is 0 Å². The van der Waals surface area contributed by atoms with E-state index in [0.29, 0.717) is 25.4 Å². The standard InChI is InChI=1S/C22H30N6O2/c1-2-23-22(25-17-18-7-8-24-20(16-18)26-9-3-4-10-26)28-13-11-27(12-14-28)21(29)19-6-5-15-30-19/h5-8,15-16H,2-4,9-14,17H2,1H3,(H,23,25). The lowest BCUT2D eigenvalue weighted by molar-refractivity contribution is 0.0657. The number of hydrogen-bond acceptors (Lipinski definition) is 5. The molecule has 0 bridgehead atoms. The summed E-state index contributed by atoms with van der Waals surface area (Å²) < 4.78 is 5.25. The van der Waals surface area contributed by atoms with Crippen molar-refractivity contribution in [3.05, 3.63) is 48.0 Å². The summed E-state index contributed by atoms with van der Waals surface area (Å²) in [5.41, 5.74) is 1.16. The Morgan fingerprint density at radius 2 is 1.90 bits per heavy atom. The van der Waals surface area contributed by atoms with E-state index in [9.17, 15) is 4.79 Å². The number of aliphatic imine (C=N–C) groups is 1. The highest BCUT2D eigenvalue weighted by molar-refractivity contribution is 5.91. The summed E-state index contributed by atoms with van der Waals surface area (Å²) >= 11 is 0. The first-order chi connectivity index (χ1) is 14.7. The minimum atomic E-state index is -0.0483. The lowest BCUT2D eigenvalue weighted by Gasteiger charge is -2.36. The normalized spacial score (nSPS) is 17.5. The number of rotatable bonds is 5. The third-order valence-corrected chi connectivity index (χ3v) is 5.58. The molecule has 0 spiro atoms. The van der Waals surface area contributed by atoms with Gasteiger partial charge in [-0.1, -0.05) is 0 Å². The third-order valence-electron chi connectivity index (χ3n) is 5.58. The smallest absolute Gasteiger partial charge is 0.289 e. The minimum Gasteiger partial charge on any atom is -0.459 e. The Bertz CT molecular complexity index is 852. The molecule has 2 aromatic rings. The fraction of sp³-hybridized carbons (Fsp3) is 0.500. The molecule has 4 rings (SSSR count). The molecular weight excluding hydrogens is 380 g/mol. The second-order valence-corrected chi connectivity index (χ2v) is 7.64. The molecule has 0 saturated carbocycles. The van der Waals surface area contributed by atoms with Gasteiger partial charge in [-0.2, -0.15) is 0 Å². The van der Waals surface area contributed by atoms with Crippen molar-refractivity contribution in [2.75, 3.05) is 50.7 Å². The predicted octanol–water partition coefficient (Wildman–Crippen LogP) is 2.20. The maximum atomic E-state index is 12.5. The number of aromatic nitrogens is 1. The van der Waals surface area contributed by atoms with E-state index in [-0.39, 0.29) is 5.91 Å². The molecule has 0 atom stereocenters. The maximum Gasteiger partial charge on any atom is 0.289 e. The molecule has 160 valence electrons. The fourth-order valence-electron chi connectivity index (χ4n) is 3.95. The summed E-state index contributed by atoms with van der Waals surface area (Å²) in [4.78, 5) is 28.3. The van der Waals surface area contributed by atoms with Crippen molar-refractivity contribution >= 4 is 17.7 Å². The van der Waals surface area contributed by atoms with Crippen molar-refractivity contribution < 1.29 is 9.21 Å². The average molecular weight is 411 g/mol. The summed E-state index contributed by atoms with van der Waals surface area (Å²) in [6, 6.07) is 7.64. The Kier molecular flexibility index (Phi) is 6.51. The number of amides is 1. The molecule has 0 aliphatic carbocycles. The van der Waals surface area contributed by atoms with E-state index >= 15 is 0 Å². The summed E-state index contributed by atoms with van der Waals surface area (Å²) in [5, 5.41) is 3.39. The van der Waals surface area contributed by atoms with Gasteiger partial charge in [-0.15, -0.1) is 0 Å². The van der Waals surface area contributed by atoms with E-state index in [4.69, 9.17) is 9.41 Å². The second kappa shape index (κ2) is 9.65. The summed E-state index contributed by atoms with van der Waals surface area (Å²) in [6.45, 7) is 8.45. The molecule has 2 aromatic heterocycles. The number of pyridine rings is 1. The molecule has 2 aliphatic rings. The van der Waals surface area contributed by atoms with Crippen LogP contribution in [0.5, 0.6) is 0 Å². The van der Waals surface area contributed by atoms with Crippen LogP contribution in [-0.4, -0.2) is 72.5 Å². The van der Waals surface area contributed by atoms with Crippen LogP contribution in [0.3, 0.4) is 0 Å². The quantitative estimate of drug-likeness (QED) is 0.602. The molecule has 1 N–H and O–H groups in total. The number of nitrogens with zero attached hydrogens (tertiary/aromatic N) is 5. The number of carbonyl (C=O) groups is 1. The van der Waals surface area contributed by atoms with Crippen molar-refractivity contribution in [2.45, 2.75) is 26.3 Å². The highest BCUT2D eigenvalue weighted by atomic mass is 16.3. The van der Waals surface area contributed by atoms with Crippen molar-refractivity contribution in [2.24, 2.45) is 4.99 Å². The molecule has 0 unspecified atom stereocenters. The van der Waals surface area contributed by atoms with E-state index in [0.717, 1.165) is 50.1 Å². The van der Waals surface area contributed by atoms with Crippen LogP contribution in [0.4, 0.5) is 5.82 Å². The second-order valence-electron chi connectivity index (χ2n) is 7.64. The number of piperazine rings is 1. The Morgan fingerprint density at radius 3 is 2.60 bits per heavy atom. The van der Waals surface area contributed by atoms with E-state index in [2.05, 4.69) is 33.1 Å². The van der Waals surface area contributed by atoms with Crippen LogP contribution in [0.15, 0.2) is 46.1 Å². The molecule has 4 heterocycles. The van der Waals surface area contributed by atoms with E-state index < -0.39 is 0 Å². The zero-order valence-electron chi connectivity index (χ0n) is 17.6. The molecule has 8 nitrogen and oxygen atoms in total. The Morgan fingerprint density at radius 1 is 1.13 bits per heavy atom. The van der Waals surface area contributed by atoms with Gasteiger partial charge in [0.05, 0.1) is 12.8 Å². The van der Waals surface area contributed by atoms with Gasteiger partial charge >= 0.3 is 0 Å². The van der Waals surface area contributed by atoms with Gasteiger partial charge < -0.3 is 24.4 Å². The Labute approximate surface area is 177 Å². The summed E-state index contributed by atoms with van der Waals surface area (Å²) in [6.07, 6.45) is 5.89. The molecule has 2 aliphatic heterocycles. The lowest BCUT2D eigenvalue weighted by atomic mass is 10.2. The predicted molar refractivity (Wildman–Crippen MR) is 117 cm³/mol. The number of nitrogens with one attached hydrogen (secondary N) is 1. The lowest BCUT2D eigenvalue weighted by Crippen LogP contribution is -2.53. The first-order valence-electron chi connectivity index (χ1n) is 10.8. The highest BCUT2D eigenvalue weighted by Crippen LogP contribution is 2.19. The van der Waals surface area contributed by atoms with Crippen LogP contribution < -0.4 is 10.2 Å². The van der Waals surface area contributed by atoms with Gasteiger partial charge in [0.25, 0.3) is 5.91 Å². The monoisotopic (exact) mass is 410 g/mol. The zero-order chi connectivity index (χ0) is 20.8. The maximum absolute atomic E-state index is 12.5. The Balaban J connectivity index is 1.37. The van der Waals surface area contributed by atoms with Crippen LogP contribution in [0, 0.1) is 0 Å². The van der Waals surface area contributed by atoms with Gasteiger partial charge in [0, 0.05) is 52.0 Å². The molecule has 1 amide bonds. The van der Waals surface area contributed by atoms with Crippen LogP contribution in [0.1, 0.15) is 35.9 Å². The SMILES string of the molecule is CCNC(=NCc1ccnc(N2CCCC2)c1)N1CCN(C(=O)c2ccco2)CC1. The number of carbonyl (C=O) groups excluding carboxylic acids is 1. The van der Waals surface area contributed by atoms with Crippen molar-refractivity contribution in [1.82, 2.24) is 20.1 Å². The number of anilines is 1. The minimum absolute atomic E-state index is 0.0483. The van der Waals surface area contributed by atoms with Gasteiger partial charge in [0.2, 0.25) is 0 Å². The van der Waals surface area contributed by atoms with E-state index in [1.807, 2.05) is 17.2 Å². The summed E-state index contributed by atoms with van der Waals surface area (Å²) in [7, 11) is 0. The average Bonchev–Trinajstić information content (AvgIpc) is 3.51. The van der Waals surface area contributed by atoms with E-state index in [1.54, 1.807) is 12.1 Å². The first-order valence-corrected chi connectivity index (χ1v) is 10.8. The molecular formula is C22H30N6O2. The fourth-order valence-corrected chi connectivity index (χ4v) is 3.95. The molecule has 2 saturated heterocycles. The number of guanidine groups is 1. The van der Waals surface area contributed by atoms with Crippen LogP contribution in [-0.2, 0) is 6.54 Å². The molecule has 2 fully saturated rings. The van der Waals surface area contributed by atoms with E-state index in [1.165, 1.54) is 19.1 Å². The zero-order valence-corrected chi connectivity index (χ0v) is 17.6. The molecule has 0 radical (unpaired) electrons. The first kappa shape index (κ1) is 20.3. The third kappa shape index (κ3) is 4.75. The van der Waals surface area contributed by atoms with Crippen molar-refractivity contribution in [3.8, 4) is 0 Å². The van der Waals surface area contributed by atoms with Crippen molar-refractivity contribution in [1.29, 1.82) is 0 Å². The number of hydrogen-bond donors (Lipinski definition) is 1. The highest BCUT2D eigenvalue weighted by Gasteiger charge is 2.25. The molecule has 0 aromatic carbocycles. The molecule has 30 heavy (non-hydrogen) atoms. The topological polar surface area (TPSA) is 77.2 Å². The van der Waals surface area contributed by atoms with Gasteiger partial charge in [0.1, 0.15) is 5.82 Å². The summed E-state index contributed by atoms with van der Waals surface area (Å²) in [5.74, 6) is 2.29. The Hall–Kier alpha value is -3.03. The van der Waals surface area contributed by atoms with Crippen LogP contribution in [0.25, 0.3) is 0 Å². The van der Waals surface area contributed by atoms with Gasteiger partial charge in [-0.05, 0) is 49.6 Å². The largest absolute Gasteiger partial charge is 0.459 e. The number of furan rings is 1. The van der Waals surface area contributed by atoms with Gasteiger partial charge in [-0.25, -0.2) is 9.98 Å². The van der Waals surface area contributed by atoms with Crippen LogP contribution in [0.2, 0.25) is 0 Å². The van der Waals surface area contributed by atoms with Crippen LogP contribution >= 0.6 is 0 Å². The van der Waals surface area contributed by atoms with Gasteiger partial charge in [0.15, 0.2) is 11.7 Å².